The number of hydrogen-bond acceptors (Lipinski definition) is 2. The van der Waals surface area contributed by atoms with Crippen molar-refractivity contribution < 1.29 is 9.90 Å². The summed E-state index contributed by atoms with van der Waals surface area (Å²) in [4.78, 5) is 11.9. The largest absolute Gasteiger partial charge is 0.476 e. The van der Waals surface area contributed by atoms with Gasteiger partial charge in [0.2, 0.25) is 0 Å². The van der Waals surface area contributed by atoms with Gasteiger partial charge in [0, 0.05) is 16.5 Å². The van der Waals surface area contributed by atoms with E-state index in [9.17, 15) is 9.90 Å². The van der Waals surface area contributed by atoms with Gasteiger partial charge in [-0.15, -0.1) is 0 Å². The molecule has 0 spiro atoms. The van der Waals surface area contributed by atoms with Crippen molar-refractivity contribution in [3.63, 3.8) is 0 Å². The number of nitrogens with zero attached hydrogens (tertiary/aromatic N) is 2. The van der Waals surface area contributed by atoms with Crippen LogP contribution in [0.15, 0.2) is 18.2 Å². The molecule has 2 fully saturated rings. The van der Waals surface area contributed by atoms with Gasteiger partial charge in [-0.3, -0.25) is 0 Å². The molecule has 4 bridgehead atoms. The van der Waals surface area contributed by atoms with Crippen molar-refractivity contribution in [3.05, 3.63) is 45.2 Å². The second-order valence-corrected chi connectivity index (χ2v) is 8.61. The molecule has 2 unspecified atom stereocenters. The molecule has 4 aliphatic carbocycles. The van der Waals surface area contributed by atoms with E-state index in [4.69, 9.17) is 23.2 Å². The summed E-state index contributed by atoms with van der Waals surface area (Å²) in [6, 6.07) is 5.30. The fourth-order valence-electron chi connectivity index (χ4n) is 5.54. The predicted octanol–water partition coefficient (Wildman–Crippen LogP) is 5.27. The molecule has 2 atom stereocenters. The Kier molecular flexibility index (Phi) is 3.45. The molecular formula is C19H18Cl2N2O2. The van der Waals surface area contributed by atoms with Crippen LogP contribution in [-0.2, 0) is 0 Å². The average molecular weight is 377 g/mol. The summed E-state index contributed by atoms with van der Waals surface area (Å²) in [5.41, 5.74) is 2.97. The van der Waals surface area contributed by atoms with Crippen LogP contribution >= 0.6 is 23.2 Å². The van der Waals surface area contributed by atoms with Crippen molar-refractivity contribution in [2.24, 2.45) is 11.8 Å². The molecular weight excluding hydrogens is 359 g/mol. The van der Waals surface area contributed by atoms with Crippen LogP contribution in [0, 0.1) is 11.8 Å². The van der Waals surface area contributed by atoms with Crippen LogP contribution < -0.4 is 0 Å². The number of carbonyl (C=O) groups is 1. The molecule has 1 aromatic carbocycles. The lowest BCUT2D eigenvalue weighted by Crippen LogP contribution is -2.26. The van der Waals surface area contributed by atoms with Crippen LogP contribution in [-0.4, -0.2) is 20.9 Å². The van der Waals surface area contributed by atoms with E-state index in [0.29, 0.717) is 33.7 Å². The molecule has 1 N–H and O–H groups in total. The lowest BCUT2D eigenvalue weighted by atomic mass is 9.67. The molecule has 2 aromatic rings. The van der Waals surface area contributed by atoms with E-state index in [-0.39, 0.29) is 5.69 Å². The third-order valence-electron chi connectivity index (χ3n) is 6.23. The van der Waals surface area contributed by atoms with Crippen molar-refractivity contribution in [1.29, 1.82) is 0 Å². The van der Waals surface area contributed by atoms with E-state index >= 15 is 0 Å². The molecule has 0 radical (unpaired) electrons. The lowest BCUT2D eigenvalue weighted by Gasteiger charge is -2.38. The summed E-state index contributed by atoms with van der Waals surface area (Å²) in [7, 11) is 0. The van der Waals surface area contributed by atoms with Gasteiger partial charge in [0.15, 0.2) is 5.69 Å². The Hall–Kier alpha value is -1.52. The standard InChI is InChI=1S/C19H18Cl2N2O2/c20-13-1-2-15(14(21)8-13)23-18-12-6-9-3-10(7-12)5-11(4-9)16(18)17(22-23)19(24)25/h1-2,8-12H,3-7H2,(H,24,25). The van der Waals surface area contributed by atoms with Crippen molar-refractivity contribution in [1.82, 2.24) is 9.78 Å². The smallest absolute Gasteiger partial charge is 0.356 e. The van der Waals surface area contributed by atoms with Crippen LogP contribution in [0.1, 0.15) is 65.7 Å². The summed E-state index contributed by atoms with van der Waals surface area (Å²) >= 11 is 12.5. The first-order valence-corrected chi connectivity index (χ1v) is 9.58. The molecule has 0 amide bonds. The zero-order valence-electron chi connectivity index (χ0n) is 13.6. The molecule has 0 saturated heterocycles. The highest BCUT2D eigenvalue weighted by Crippen LogP contribution is 2.57. The number of carboxylic acid groups (broad SMARTS) is 1. The summed E-state index contributed by atoms with van der Waals surface area (Å²) in [6.45, 7) is 0. The number of benzene rings is 1. The summed E-state index contributed by atoms with van der Waals surface area (Å²) in [5.74, 6) is 1.17. The van der Waals surface area contributed by atoms with E-state index in [0.717, 1.165) is 42.6 Å². The minimum Gasteiger partial charge on any atom is -0.476 e. The molecule has 1 heterocycles. The first-order chi connectivity index (χ1) is 12.0. The average Bonchev–Trinajstić information content (AvgIpc) is 2.86. The number of rotatable bonds is 2. The molecule has 4 nitrogen and oxygen atoms in total. The van der Waals surface area contributed by atoms with Crippen LogP contribution in [0.2, 0.25) is 10.0 Å². The number of hydrogen-bond donors (Lipinski definition) is 1. The van der Waals surface area contributed by atoms with Crippen molar-refractivity contribution >= 4 is 29.2 Å². The monoisotopic (exact) mass is 376 g/mol. The first-order valence-electron chi connectivity index (χ1n) is 8.82. The summed E-state index contributed by atoms with van der Waals surface area (Å²) < 4.78 is 1.80. The lowest BCUT2D eigenvalue weighted by molar-refractivity contribution is 0.0686. The molecule has 1 aromatic heterocycles. The number of aromatic carboxylic acids is 1. The van der Waals surface area contributed by atoms with Crippen LogP contribution in [0.4, 0.5) is 0 Å². The van der Waals surface area contributed by atoms with Gasteiger partial charge in [-0.2, -0.15) is 5.10 Å². The van der Waals surface area contributed by atoms with Gasteiger partial charge < -0.3 is 5.11 Å². The summed E-state index contributed by atoms with van der Waals surface area (Å²) in [5, 5.41) is 15.3. The quantitative estimate of drug-likeness (QED) is 0.776. The molecule has 25 heavy (non-hydrogen) atoms. The van der Waals surface area contributed by atoms with E-state index in [1.165, 1.54) is 6.42 Å². The second-order valence-electron chi connectivity index (χ2n) is 7.76. The Balaban J connectivity index is 1.77. The van der Waals surface area contributed by atoms with Crippen molar-refractivity contribution in [3.8, 4) is 5.69 Å². The maximum absolute atomic E-state index is 11.9. The van der Waals surface area contributed by atoms with Gasteiger partial charge in [-0.05, 0) is 68.1 Å². The maximum Gasteiger partial charge on any atom is 0.356 e. The van der Waals surface area contributed by atoms with Gasteiger partial charge in [0.25, 0.3) is 0 Å². The van der Waals surface area contributed by atoms with Crippen LogP contribution in [0.3, 0.4) is 0 Å². The Bertz CT molecular complexity index is 878. The van der Waals surface area contributed by atoms with Crippen LogP contribution in [0.5, 0.6) is 0 Å². The minimum atomic E-state index is -0.943. The van der Waals surface area contributed by atoms with Gasteiger partial charge >= 0.3 is 5.97 Å². The maximum atomic E-state index is 11.9. The Labute approximate surface area is 155 Å². The highest BCUT2D eigenvalue weighted by Gasteiger charge is 2.46. The number of carboxylic acids is 1. The second kappa shape index (κ2) is 5.49. The Morgan fingerprint density at radius 1 is 1.08 bits per heavy atom. The number of halogens is 2. The molecule has 0 aliphatic heterocycles. The van der Waals surface area contributed by atoms with E-state index in [2.05, 4.69) is 5.10 Å². The van der Waals surface area contributed by atoms with E-state index in [1.54, 1.807) is 16.8 Å². The third-order valence-corrected chi connectivity index (χ3v) is 6.77. The van der Waals surface area contributed by atoms with Gasteiger partial charge in [-0.1, -0.05) is 23.2 Å². The van der Waals surface area contributed by atoms with Crippen LogP contribution in [0.25, 0.3) is 5.69 Å². The van der Waals surface area contributed by atoms with Gasteiger partial charge in [0.1, 0.15) is 0 Å². The number of aromatic nitrogens is 2. The topological polar surface area (TPSA) is 55.1 Å². The fraction of sp³-hybridized carbons (Fsp3) is 0.474. The minimum absolute atomic E-state index is 0.208. The SMILES string of the molecule is O=C(O)c1nn(-c2ccc(Cl)cc2Cl)c2c1C1CC3CC(C1)CC2C3. The molecule has 4 aliphatic rings. The van der Waals surface area contributed by atoms with Crippen molar-refractivity contribution in [2.45, 2.75) is 43.9 Å². The van der Waals surface area contributed by atoms with E-state index in [1.807, 2.05) is 6.07 Å². The molecule has 2 saturated carbocycles. The molecule has 6 heteroatoms. The van der Waals surface area contributed by atoms with E-state index < -0.39 is 5.97 Å². The highest BCUT2D eigenvalue weighted by atomic mass is 35.5. The van der Waals surface area contributed by atoms with Gasteiger partial charge in [0.05, 0.1) is 16.4 Å². The fourth-order valence-corrected chi connectivity index (χ4v) is 6.03. The molecule has 130 valence electrons. The predicted molar refractivity (Wildman–Crippen MR) is 96.1 cm³/mol. The zero-order valence-corrected chi connectivity index (χ0v) is 15.1. The molecule has 6 rings (SSSR count). The third kappa shape index (κ3) is 2.34. The van der Waals surface area contributed by atoms with Crippen molar-refractivity contribution in [2.75, 3.05) is 0 Å². The summed E-state index contributed by atoms with van der Waals surface area (Å²) in [6.07, 6.45) is 5.77. The highest BCUT2D eigenvalue weighted by molar-refractivity contribution is 6.35. The Morgan fingerprint density at radius 3 is 2.40 bits per heavy atom. The van der Waals surface area contributed by atoms with Gasteiger partial charge in [-0.25, -0.2) is 9.48 Å². The zero-order chi connectivity index (χ0) is 17.3. The Morgan fingerprint density at radius 2 is 1.76 bits per heavy atom. The normalized spacial score (nSPS) is 29.5. The first kappa shape index (κ1) is 15.7.